The third-order valence-electron chi connectivity index (χ3n) is 9.52. The average Bonchev–Trinajstić information content (AvgIpc) is 3.58. The summed E-state index contributed by atoms with van der Waals surface area (Å²) in [5.74, 6) is 0.282. The van der Waals surface area contributed by atoms with Crippen molar-refractivity contribution in [2.75, 3.05) is 32.9 Å². The van der Waals surface area contributed by atoms with Crippen LogP contribution in [0.1, 0.15) is 56.2 Å². The standard InChI is InChI=1S/C45H47FN4O5/c1-7-52-44(51)43(55-45(4,5)6)41-30(3)47-40-27-37-33-15-11-14-32(24-33)36-19-18-35(46)26-39(36)54-23-21-49(28-31-12-9-8-10-13-31)20-22-53-38-25-34(17-16-29(38)2)42(41)50(40)48-37/h8-19,24-27,43H,7,20-23,28H2,1-6H3/t43-/m0/s1. The summed E-state index contributed by atoms with van der Waals surface area (Å²) in [6.07, 6.45) is -1.08. The van der Waals surface area contributed by atoms with Gasteiger partial charge in [0.2, 0.25) is 0 Å². The van der Waals surface area contributed by atoms with E-state index < -0.39 is 17.7 Å². The molecule has 0 amide bonds. The number of fused-ring (bicyclic) bond motifs is 9. The molecule has 0 saturated carbocycles. The van der Waals surface area contributed by atoms with Crippen molar-refractivity contribution in [3.8, 4) is 45.1 Å². The molecule has 1 atom stereocenters. The van der Waals surface area contributed by atoms with E-state index in [1.54, 1.807) is 17.5 Å². The Hall–Kier alpha value is -5.58. The van der Waals surface area contributed by atoms with Crippen molar-refractivity contribution in [2.24, 2.45) is 0 Å². The van der Waals surface area contributed by atoms with Crippen LogP contribution in [0.5, 0.6) is 11.5 Å². The van der Waals surface area contributed by atoms with Crippen LogP contribution in [0.2, 0.25) is 0 Å². The summed E-state index contributed by atoms with van der Waals surface area (Å²) < 4.78 is 41.5. The monoisotopic (exact) mass is 742 g/mol. The molecule has 0 aliphatic carbocycles. The lowest BCUT2D eigenvalue weighted by atomic mass is 9.97. The first-order valence-electron chi connectivity index (χ1n) is 18.8. The van der Waals surface area contributed by atoms with Gasteiger partial charge in [0.25, 0.3) is 0 Å². The molecule has 0 radical (unpaired) electrons. The summed E-state index contributed by atoms with van der Waals surface area (Å²) in [4.78, 5) is 21.0. The molecule has 1 aliphatic rings. The summed E-state index contributed by atoms with van der Waals surface area (Å²) in [6, 6.07) is 30.8. The molecule has 0 N–H and O–H groups in total. The lowest BCUT2D eigenvalue weighted by Gasteiger charge is -2.29. The zero-order valence-electron chi connectivity index (χ0n) is 32.3. The fourth-order valence-electron chi connectivity index (χ4n) is 6.95. The Bertz CT molecular complexity index is 2320. The second kappa shape index (κ2) is 16.0. The summed E-state index contributed by atoms with van der Waals surface area (Å²) in [7, 11) is 0. The van der Waals surface area contributed by atoms with E-state index in [9.17, 15) is 9.18 Å². The number of esters is 1. The van der Waals surface area contributed by atoms with Crippen molar-refractivity contribution in [3.63, 3.8) is 0 Å². The van der Waals surface area contributed by atoms with Crippen LogP contribution >= 0.6 is 0 Å². The van der Waals surface area contributed by atoms with Gasteiger partial charge in [-0.05, 0) is 82.5 Å². The second-order valence-electron chi connectivity index (χ2n) is 14.8. The van der Waals surface area contributed by atoms with Gasteiger partial charge in [-0.2, -0.15) is 5.10 Å². The number of benzene rings is 4. The smallest absolute Gasteiger partial charge is 0.340 e. The van der Waals surface area contributed by atoms with Gasteiger partial charge in [0.15, 0.2) is 11.8 Å². The Balaban J connectivity index is 1.43. The van der Waals surface area contributed by atoms with Gasteiger partial charge in [0.1, 0.15) is 30.5 Å². The van der Waals surface area contributed by atoms with E-state index in [2.05, 4.69) is 17.0 Å². The third-order valence-corrected chi connectivity index (χ3v) is 9.52. The minimum Gasteiger partial charge on any atom is -0.492 e. The van der Waals surface area contributed by atoms with Crippen LogP contribution in [0.25, 0.3) is 39.3 Å². The molecule has 3 heterocycles. The van der Waals surface area contributed by atoms with E-state index in [1.807, 2.05) is 101 Å². The number of aryl methyl sites for hydroxylation is 2. The minimum absolute atomic E-state index is 0.194. The normalized spacial score (nSPS) is 14.2. The molecule has 4 aromatic carbocycles. The Labute approximate surface area is 321 Å². The highest BCUT2D eigenvalue weighted by Gasteiger charge is 2.34. The van der Waals surface area contributed by atoms with Gasteiger partial charge in [-0.1, -0.05) is 60.7 Å². The highest BCUT2D eigenvalue weighted by atomic mass is 19.1. The predicted molar refractivity (Wildman–Crippen MR) is 212 cm³/mol. The summed E-state index contributed by atoms with van der Waals surface area (Å²) in [5.41, 5.74) is 7.75. The van der Waals surface area contributed by atoms with Crippen molar-refractivity contribution >= 4 is 11.6 Å². The zero-order valence-corrected chi connectivity index (χ0v) is 32.3. The van der Waals surface area contributed by atoms with Crippen molar-refractivity contribution in [1.82, 2.24) is 19.5 Å². The maximum absolute atomic E-state index is 14.7. The second-order valence-corrected chi connectivity index (χ2v) is 14.8. The molecule has 0 saturated heterocycles. The molecule has 10 heteroatoms. The van der Waals surface area contributed by atoms with E-state index in [4.69, 9.17) is 29.0 Å². The Morgan fingerprint density at radius 1 is 0.855 bits per heavy atom. The molecular weight excluding hydrogens is 696 g/mol. The predicted octanol–water partition coefficient (Wildman–Crippen LogP) is 9.18. The number of nitrogens with zero attached hydrogens (tertiary/aromatic N) is 4. The molecule has 0 spiro atoms. The Morgan fingerprint density at radius 2 is 1.60 bits per heavy atom. The van der Waals surface area contributed by atoms with Gasteiger partial charge >= 0.3 is 5.97 Å². The molecule has 0 fully saturated rings. The molecule has 2 aromatic heterocycles. The highest BCUT2D eigenvalue weighted by molar-refractivity contribution is 5.83. The van der Waals surface area contributed by atoms with Crippen molar-refractivity contribution in [2.45, 2.75) is 59.8 Å². The number of carbonyl (C=O) groups excluding carboxylic acids is 1. The quantitative estimate of drug-likeness (QED) is 0.156. The van der Waals surface area contributed by atoms with Crippen LogP contribution in [0.4, 0.5) is 4.39 Å². The van der Waals surface area contributed by atoms with E-state index in [0.29, 0.717) is 72.6 Å². The van der Waals surface area contributed by atoms with Crippen LogP contribution in [0, 0.1) is 19.7 Å². The largest absolute Gasteiger partial charge is 0.492 e. The number of hydrogen-bond donors (Lipinski definition) is 0. The molecule has 284 valence electrons. The van der Waals surface area contributed by atoms with Crippen LogP contribution in [-0.4, -0.2) is 64.0 Å². The number of aromatic nitrogens is 3. The van der Waals surface area contributed by atoms with Gasteiger partial charge in [0.05, 0.1) is 23.6 Å². The number of halogens is 1. The van der Waals surface area contributed by atoms with E-state index >= 15 is 0 Å². The number of rotatable bonds is 6. The summed E-state index contributed by atoms with van der Waals surface area (Å²) in [5, 5.41) is 5.13. The van der Waals surface area contributed by atoms with E-state index in [0.717, 1.165) is 27.8 Å². The number of carbonyl (C=O) groups is 1. The van der Waals surface area contributed by atoms with Crippen molar-refractivity contribution < 1.29 is 28.1 Å². The lowest BCUT2D eigenvalue weighted by Crippen LogP contribution is -2.32. The van der Waals surface area contributed by atoms with Gasteiger partial charge in [-0.25, -0.2) is 18.7 Å². The summed E-state index contributed by atoms with van der Waals surface area (Å²) >= 11 is 0. The van der Waals surface area contributed by atoms with Gasteiger partial charge < -0.3 is 18.9 Å². The first-order chi connectivity index (χ1) is 26.5. The SMILES string of the molecule is CCOC(=O)[C@@H](OC(C)(C)C)c1c(C)nc2cc3nn2c1-c1ccc(C)c(c1)OCCN(Cc1ccccc1)CCOc1cc(F)ccc1-c1cccc-3c1. The average molecular weight is 743 g/mol. The fourth-order valence-corrected chi connectivity index (χ4v) is 6.95. The molecule has 6 bridgehead atoms. The topological polar surface area (TPSA) is 87.4 Å². The van der Waals surface area contributed by atoms with Crippen molar-refractivity contribution in [1.29, 1.82) is 0 Å². The first kappa shape index (κ1) is 37.7. The third kappa shape index (κ3) is 8.56. The van der Waals surface area contributed by atoms with Crippen LogP contribution < -0.4 is 9.47 Å². The maximum Gasteiger partial charge on any atom is 0.340 e. The highest BCUT2D eigenvalue weighted by Crippen LogP contribution is 2.39. The Morgan fingerprint density at radius 3 is 2.35 bits per heavy atom. The van der Waals surface area contributed by atoms with Gasteiger partial charge in [-0.3, -0.25) is 4.90 Å². The van der Waals surface area contributed by atoms with E-state index in [1.165, 1.54) is 17.7 Å². The number of hydrogen-bond acceptors (Lipinski definition) is 8. The molecule has 55 heavy (non-hydrogen) atoms. The maximum atomic E-state index is 14.7. The van der Waals surface area contributed by atoms with Crippen LogP contribution in [-0.2, 0) is 20.8 Å². The minimum atomic E-state index is -1.08. The molecule has 1 aliphatic heterocycles. The van der Waals surface area contributed by atoms with E-state index in [-0.39, 0.29) is 12.4 Å². The number of ether oxygens (including phenoxy) is 4. The fraction of sp³-hybridized carbons (Fsp3) is 0.311. The van der Waals surface area contributed by atoms with Crippen LogP contribution in [0.15, 0.2) is 97.1 Å². The lowest BCUT2D eigenvalue weighted by molar-refractivity contribution is -0.166. The Kier molecular flexibility index (Phi) is 11.0. The first-order valence-corrected chi connectivity index (χ1v) is 18.8. The molecule has 6 aromatic rings. The molecule has 0 unspecified atom stereocenters. The summed E-state index contributed by atoms with van der Waals surface area (Å²) in [6.45, 7) is 14.2. The van der Waals surface area contributed by atoms with Gasteiger partial charge in [0, 0.05) is 59.7 Å². The van der Waals surface area contributed by atoms with Crippen LogP contribution in [0.3, 0.4) is 0 Å². The van der Waals surface area contributed by atoms with Gasteiger partial charge in [-0.15, -0.1) is 0 Å². The molecule has 9 nitrogen and oxygen atoms in total. The molecule has 7 rings (SSSR count). The van der Waals surface area contributed by atoms with Crippen molar-refractivity contribution in [3.05, 3.63) is 125 Å². The molecular formula is C45H47FN4O5. The zero-order chi connectivity index (χ0) is 38.7.